The van der Waals surface area contributed by atoms with Crippen molar-refractivity contribution in [2.24, 2.45) is 0 Å². The molecule has 160 valence electrons. The van der Waals surface area contributed by atoms with Crippen molar-refractivity contribution >= 4 is 27.5 Å². The first kappa shape index (κ1) is 20.8. The van der Waals surface area contributed by atoms with Gasteiger partial charge in [0.05, 0.1) is 17.8 Å². The lowest BCUT2D eigenvalue weighted by Crippen LogP contribution is -2.43. The van der Waals surface area contributed by atoms with Crippen molar-refractivity contribution < 1.29 is 4.79 Å². The molecule has 1 aliphatic rings. The van der Waals surface area contributed by atoms with E-state index in [2.05, 4.69) is 42.9 Å². The fourth-order valence-corrected chi connectivity index (χ4v) is 5.27. The highest BCUT2D eigenvalue weighted by atomic mass is 32.1. The number of H-pyrrole nitrogens is 1. The topological polar surface area (TPSA) is 83.9 Å². The van der Waals surface area contributed by atoms with Crippen molar-refractivity contribution in [1.29, 1.82) is 0 Å². The van der Waals surface area contributed by atoms with Crippen LogP contribution in [0.5, 0.6) is 0 Å². The zero-order chi connectivity index (χ0) is 21.6. The molecule has 0 saturated carbocycles. The summed E-state index contributed by atoms with van der Waals surface area (Å²) < 4.78 is 1.73. The lowest BCUT2D eigenvalue weighted by atomic mass is 9.92. The average Bonchev–Trinajstić information content (AvgIpc) is 3.32. The van der Waals surface area contributed by atoms with Gasteiger partial charge in [-0.1, -0.05) is 27.7 Å². The summed E-state index contributed by atoms with van der Waals surface area (Å²) in [5, 5.41) is 7.98. The number of aromatic amines is 1. The van der Waals surface area contributed by atoms with Crippen molar-refractivity contribution in [1.82, 2.24) is 24.6 Å². The number of piperidine rings is 1. The van der Waals surface area contributed by atoms with Crippen LogP contribution in [0.1, 0.15) is 73.2 Å². The van der Waals surface area contributed by atoms with E-state index >= 15 is 0 Å². The van der Waals surface area contributed by atoms with Gasteiger partial charge >= 0.3 is 0 Å². The Hall–Kier alpha value is -2.48. The lowest BCUT2D eigenvalue weighted by molar-refractivity contribution is 0.0671. The maximum Gasteiger partial charge on any atom is 0.274 e. The molecular formula is C22H29N5O2S. The Labute approximate surface area is 180 Å². The molecular weight excluding hydrogens is 398 g/mol. The number of nitrogens with one attached hydrogen (secondary N) is 1. The highest BCUT2D eigenvalue weighted by Gasteiger charge is 2.29. The molecule has 1 N–H and O–H groups in total. The minimum atomic E-state index is -0.0972. The van der Waals surface area contributed by atoms with Gasteiger partial charge in [0.25, 0.3) is 11.5 Å². The third kappa shape index (κ3) is 3.57. The van der Waals surface area contributed by atoms with Crippen LogP contribution < -0.4 is 5.56 Å². The molecule has 0 spiro atoms. The maximum atomic E-state index is 13.3. The van der Waals surface area contributed by atoms with Crippen LogP contribution in [0, 0.1) is 6.92 Å². The maximum absolute atomic E-state index is 13.3. The smallest absolute Gasteiger partial charge is 0.274 e. The molecule has 1 amide bonds. The van der Waals surface area contributed by atoms with Gasteiger partial charge in [0, 0.05) is 29.1 Å². The fraction of sp³-hybridized carbons (Fsp3) is 0.545. The molecule has 4 heterocycles. The molecule has 30 heavy (non-hydrogen) atoms. The van der Waals surface area contributed by atoms with Gasteiger partial charge in [-0.2, -0.15) is 5.10 Å². The summed E-state index contributed by atoms with van der Waals surface area (Å²) in [7, 11) is 0. The quantitative estimate of drug-likeness (QED) is 0.689. The van der Waals surface area contributed by atoms with Crippen LogP contribution >= 0.6 is 11.3 Å². The van der Waals surface area contributed by atoms with E-state index in [0.29, 0.717) is 18.8 Å². The summed E-state index contributed by atoms with van der Waals surface area (Å²) >= 11 is 1.58. The molecule has 1 aliphatic heterocycles. The summed E-state index contributed by atoms with van der Waals surface area (Å²) in [6, 6.07) is 1.77. The van der Waals surface area contributed by atoms with E-state index in [0.717, 1.165) is 45.6 Å². The fourth-order valence-electron chi connectivity index (χ4n) is 4.20. The minimum absolute atomic E-state index is 0.00953. The Kier molecular flexibility index (Phi) is 5.30. The molecule has 0 bridgehead atoms. The predicted molar refractivity (Wildman–Crippen MR) is 119 cm³/mol. The highest BCUT2D eigenvalue weighted by molar-refractivity contribution is 7.18. The first-order valence-corrected chi connectivity index (χ1v) is 11.4. The first-order valence-electron chi connectivity index (χ1n) is 10.5. The van der Waals surface area contributed by atoms with Crippen LogP contribution in [0.4, 0.5) is 0 Å². The largest absolute Gasteiger partial charge is 0.335 e. The number of fused-ring (bicyclic) bond motifs is 1. The summed E-state index contributed by atoms with van der Waals surface area (Å²) in [6.07, 6.45) is 4.18. The standard InChI is InChI=1S/C22H29N5O2S/c1-6-15-13(2)30-19-18(15)21(29)27(12-23-19)14-8-7-9-26(11-14)20(28)16-10-17(25-24-16)22(3,4)5/h10,12,14H,6-9,11H2,1-5H3,(H,24,25)/t14-/m0/s1. The van der Waals surface area contributed by atoms with Gasteiger partial charge in [-0.05, 0) is 37.8 Å². The van der Waals surface area contributed by atoms with Gasteiger partial charge in [0.15, 0.2) is 0 Å². The lowest BCUT2D eigenvalue weighted by Gasteiger charge is -2.33. The van der Waals surface area contributed by atoms with Gasteiger partial charge < -0.3 is 4.90 Å². The van der Waals surface area contributed by atoms with E-state index in [1.54, 1.807) is 22.2 Å². The monoisotopic (exact) mass is 427 g/mol. The third-order valence-electron chi connectivity index (χ3n) is 5.97. The Morgan fingerprint density at radius 3 is 2.80 bits per heavy atom. The van der Waals surface area contributed by atoms with Crippen molar-refractivity contribution in [2.45, 2.75) is 65.3 Å². The van der Waals surface area contributed by atoms with Crippen LogP contribution in [0.15, 0.2) is 17.2 Å². The Balaban J connectivity index is 1.61. The molecule has 8 heteroatoms. The van der Waals surface area contributed by atoms with Gasteiger partial charge in [-0.15, -0.1) is 11.3 Å². The number of hydrogen-bond donors (Lipinski definition) is 1. The van der Waals surface area contributed by atoms with Crippen molar-refractivity contribution in [3.05, 3.63) is 44.6 Å². The zero-order valence-electron chi connectivity index (χ0n) is 18.3. The molecule has 4 rings (SSSR count). The molecule has 0 aromatic carbocycles. The number of likely N-dealkylation sites (tertiary alicyclic amines) is 1. The normalized spacial score (nSPS) is 17.6. The van der Waals surface area contributed by atoms with Gasteiger partial charge in [0.1, 0.15) is 10.5 Å². The van der Waals surface area contributed by atoms with E-state index < -0.39 is 0 Å². The molecule has 3 aromatic heterocycles. The molecule has 0 radical (unpaired) electrons. The van der Waals surface area contributed by atoms with Gasteiger partial charge in [-0.25, -0.2) is 4.98 Å². The predicted octanol–water partition coefficient (Wildman–Crippen LogP) is 3.83. The number of rotatable bonds is 3. The SMILES string of the molecule is CCc1c(C)sc2ncn([C@H]3CCCN(C(=O)c4cc(C(C)(C)C)[nH]n4)C3)c(=O)c12. The van der Waals surface area contributed by atoms with Crippen LogP contribution in [0.3, 0.4) is 0 Å². The van der Waals surface area contributed by atoms with Crippen molar-refractivity contribution in [3.63, 3.8) is 0 Å². The van der Waals surface area contributed by atoms with Crippen LogP contribution in [0.25, 0.3) is 10.2 Å². The second-order valence-electron chi connectivity index (χ2n) is 9.09. The van der Waals surface area contributed by atoms with E-state index in [9.17, 15) is 9.59 Å². The van der Waals surface area contributed by atoms with Crippen molar-refractivity contribution in [2.75, 3.05) is 13.1 Å². The molecule has 1 saturated heterocycles. The molecule has 0 unspecified atom stereocenters. The van der Waals surface area contributed by atoms with Crippen LogP contribution in [-0.2, 0) is 11.8 Å². The molecule has 1 fully saturated rings. The third-order valence-corrected chi connectivity index (χ3v) is 7.03. The summed E-state index contributed by atoms with van der Waals surface area (Å²) in [4.78, 5) is 34.7. The Bertz CT molecular complexity index is 1150. The van der Waals surface area contributed by atoms with E-state index in [-0.39, 0.29) is 22.9 Å². The second-order valence-corrected chi connectivity index (χ2v) is 10.3. The zero-order valence-corrected chi connectivity index (χ0v) is 19.1. The summed E-state index contributed by atoms with van der Waals surface area (Å²) in [5.41, 5.74) is 2.38. The number of nitrogens with zero attached hydrogens (tertiary/aromatic N) is 4. The van der Waals surface area contributed by atoms with E-state index in [1.165, 1.54) is 0 Å². The molecule has 0 aliphatic carbocycles. The summed E-state index contributed by atoms with van der Waals surface area (Å²) in [6.45, 7) is 11.5. The molecule has 7 nitrogen and oxygen atoms in total. The number of aromatic nitrogens is 4. The van der Waals surface area contributed by atoms with Crippen LogP contribution in [-0.4, -0.2) is 43.6 Å². The van der Waals surface area contributed by atoms with Crippen molar-refractivity contribution in [3.8, 4) is 0 Å². The Morgan fingerprint density at radius 1 is 1.37 bits per heavy atom. The highest BCUT2D eigenvalue weighted by Crippen LogP contribution is 2.29. The summed E-state index contributed by atoms with van der Waals surface area (Å²) in [5.74, 6) is -0.0887. The minimum Gasteiger partial charge on any atom is -0.335 e. The van der Waals surface area contributed by atoms with Gasteiger partial charge in [-0.3, -0.25) is 19.3 Å². The number of thiophene rings is 1. The second kappa shape index (κ2) is 7.65. The van der Waals surface area contributed by atoms with E-state index in [1.807, 2.05) is 17.9 Å². The number of aryl methyl sites for hydroxylation is 2. The molecule has 3 aromatic rings. The number of carbonyl (C=O) groups is 1. The van der Waals surface area contributed by atoms with E-state index in [4.69, 9.17) is 0 Å². The Morgan fingerprint density at radius 2 is 2.13 bits per heavy atom. The van der Waals surface area contributed by atoms with Crippen LogP contribution in [0.2, 0.25) is 0 Å². The number of hydrogen-bond acceptors (Lipinski definition) is 5. The first-order chi connectivity index (χ1) is 14.2. The van der Waals surface area contributed by atoms with Gasteiger partial charge in [0.2, 0.25) is 0 Å². The average molecular weight is 428 g/mol. The molecule has 1 atom stereocenters. The number of amides is 1. The number of carbonyl (C=O) groups excluding carboxylic acids is 1.